The molecule has 0 amide bonds. The van der Waals surface area contributed by atoms with Crippen LogP contribution in [0.15, 0.2) is 6.07 Å². The van der Waals surface area contributed by atoms with E-state index >= 15 is 0 Å². The number of rotatable bonds is 5. The smallest absolute Gasteiger partial charge is 0.369 e. The van der Waals surface area contributed by atoms with Gasteiger partial charge in [-0.05, 0) is 0 Å². The minimum absolute atomic E-state index is 0.108. The van der Waals surface area contributed by atoms with Crippen LogP contribution in [0.4, 0.5) is 24.9 Å². The number of halogens is 3. The number of hydrogen-bond donors (Lipinski definition) is 3. The number of nitrogen functional groups attached to an aromatic ring is 1. The van der Waals surface area contributed by atoms with E-state index in [-0.39, 0.29) is 11.8 Å². The van der Waals surface area contributed by atoms with Gasteiger partial charge in [-0.15, -0.1) is 0 Å². The van der Waals surface area contributed by atoms with Gasteiger partial charge in [0.2, 0.25) is 5.95 Å². The van der Waals surface area contributed by atoms with E-state index < -0.39 is 11.9 Å². The minimum atomic E-state index is -4.53. The SMILES string of the molecule is NNc1nc(NCCN2CCSCC2)cc(C(F)(F)F)n1. The predicted molar refractivity (Wildman–Crippen MR) is 77.1 cm³/mol. The van der Waals surface area contributed by atoms with E-state index in [4.69, 9.17) is 5.84 Å². The number of hydrazine groups is 1. The maximum absolute atomic E-state index is 12.7. The van der Waals surface area contributed by atoms with Crippen LogP contribution in [0.5, 0.6) is 0 Å². The van der Waals surface area contributed by atoms with Gasteiger partial charge < -0.3 is 5.32 Å². The van der Waals surface area contributed by atoms with Crippen molar-refractivity contribution in [3.63, 3.8) is 0 Å². The summed E-state index contributed by atoms with van der Waals surface area (Å²) in [5.41, 5.74) is 1.02. The van der Waals surface area contributed by atoms with Crippen molar-refractivity contribution >= 4 is 23.5 Å². The van der Waals surface area contributed by atoms with Crippen LogP contribution < -0.4 is 16.6 Å². The molecule has 10 heteroatoms. The van der Waals surface area contributed by atoms with E-state index in [0.717, 1.165) is 37.2 Å². The summed E-state index contributed by atoms with van der Waals surface area (Å²) in [6.45, 7) is 3.28. The predicted octanol–water partition coefficient (Wildman–Crippen LogP) is 1.24. The van der Waals surface area contributed by atoms with E-state index in [2.05, 4.69) is 20.2 Å². The molecule has 0 aliphatic carbocycles. The van der Waals surface area contributed by atoms with Crippen molar-refractivity contribution in [3.05, 3.63) is 11.8 Å². The number of aromatic nitrogens is 2. The summed E-state index contributed by atoms with van der Waals surface area (Å²) in [6.07, 6.45) is -4.53. The van der Waals surface area contributed by atoms with E-state index in [9.17, 15) is 13.2 Å². The molecular weight excluding hydrogens is 305 g/mol. The van der Waals surface area contributed by atoms with Gasteiger partial charge in [0, 0.05) is 43.8 Å². The summed E-state index contributed by atoms with van der Waals surface area (Å²) in [7, 11) is 0. The van der Waals surface area contributed by atoms with Crippen molar-refractivity contribution in [2.24, 2.45) is 5.84 Å². The zero-order valence-corrected chi connectivity index (χ0v) is 12.1. The molecule has 0 aromatic carbocycles. The molecule has 0 bridgehead atoms. The zero-order chi connectivity index (χ0) is 15.3. The summed E-state index contributed by atoms with van der Waals surface area (Å²) in [5.74, 6) is 7.12. The minimum Gasteiger partial charge on any atom is -0.369 e. The van der Waals surface area contributed by atoms with E-state index in [1.54, 1.807) is 0 Å². The lowest BCUT2D eigenvalue weighted by atomic mass is 10.3. The molecule has 0 spiro atoms. The van der Waals surface area contributed by atoms with Gasteiger partial charge >= 0.3 is 6.18 Å². The quantitative estimate of drug-likeness (QED) is 0.556. The number of nitrogens with zero attached hydrogens (tertiary/aromatic N) is 3. The van der Waals surface area contributed by atoms with Gasteiger partial charge in [0.25, 0.3) is 0 Å². The first kappa shape index (κ1) is 16.1. The van der Waals surface area contributed by atoms with Crippen LogP contribution in [0.3, 0.4) is 0 Å². The zero-order valence-electron chi connectivity index (χ0n) is 11.3. The van der Waals surface area contributed by atoms with Crippen molar-refractivity contribution in [2.75, 3.05) is 48.4 Å². The Morgan fingerprint density at radius 3 is 2.62 bits per heavy atom. The van der Waals surface area contributed by atoms with Crippen LogP contribution in [0, 0.1) is 0 Å². The molecule has 0 saturated carbocycles. The highest BCUT2D eigenvalue weighted by molar-refractivity contribution is 7.99. The monoisotopic (exact) mass is 322 g/mol. The van der Waals surface area contributed by atoms with Crippen molar-refractivity contribution in [1.82, 2.24) is 14.9 Å². The van der Waals surface area contributed by atoms with Crippen molar-refractivity contribution in [3.8, 4) is 0 Å². The summed E-state index contributed by atoms with van der Waals surface area (Å²) in [5, 5.41) is 2.88. The van der Waals surface area contributed by atoms with Crippen molar-refractivity contribution < 1.29 is 13.2 Å². The van der Waals surface area contributed by atoms with Gasteiger partial charge in [0.1, 0.15) is 5.82 Å². The van der Waals surface area contributed by atoms with Gasteiger partial charge in [-0.3, -0.25) is 10.3 Å². The fraction of sp³-hybridized carbons (Fsp3) is 0.636. The molecule has 118 valence electrons. The van der Waals surface area contributed by atoms with Gasteiger partial charge in [-0.2, -0.15) is 29.9 Å². The third kappa shape index (κ3) is 4.90. The van der Waals surface area contributed by atoms with Gasteiger partial charge in [0.05, 0.1) is 0 Å². The lowest BCUT2D eigenvalue weighted by Crippen LogP contribution is -2.36. The second kappa shape index (κ2) is 7.14. The molecule has 1 fully saturated rings. The fourth-order valence-electron chi connectivity index (χ4n) is 1.91. The molecule has 1 saturated heterocycles. The normalized spacial score (nSPS) is 16.8. The van der Waals surface area contributed by atoms with Crippen LogP contribution in [0.1, 0.15) is 5.69 Å². The molecule has 6 nitrogen and oxygen atoms in total. The molecule has 1 aliphatic heterocycles. The van der Waals surface area contributed by atoms with Crippen molar-refractivity contribution in [2.45, 2.75) is 6.18 Å². The number of hydrogen-bond acceptors (Lipinski definition) is 7. The maximum atomic E-state index is 12.7. The number of anilines is 2. The summed E-state index contributed by atoms with van der Waals surface area (Å²) >= 11 is 1.91. The van der Waals surface area contributed by atoms with Crippen LogP contribution in [-0.2, 0) is 6.18 Å². The van der Waals surface area contributed by atoms with Crippen LogP contribution in [0.2, 0.25) is 0 Å². The first-order chi connectivity index (χ1) is 9.99. The Kier molecular flexibility index (Phi) is 5.48. The Labute approximate surface area is 124 Å². The fourth-order valence-corrected chi connectivity index (χ4v) is 2.89. The molecule has 21 heavy (non-hydrogen) atoms. The standard InChI is InChI=1S/C11H17F3N6S/c12-11(13,14)8-7-9(18-10(17-8)19-15)16-1-2-20-3-5-21-6-4-20/h7H,1-6,15H2,(H2,16,17,18,19). The number of nitrogens with two attached hydrogens (primary N) is 1. The summed E-state index contributed by atoms with van der Waals surface area (Å²) < 4.78 is 38.1. The third-order valence-corrected chi connectivity index (χ3v) is 3.93. The highest BCUT2D eigenvalue weighted by atomic mass is 32.2. The second-order valence-electron chi connectivity index (χ2n) is 4.48. The first-order valence-electron chi connectivity index (χ1n) is 6.46. The Hall–Kier alpha value is -1.26. The summed E-state index contributed by atoms with van der Waals surface area (Å²) in [4.78, 5) is 9.42. The molecular formula is C11H17F3N6S. The molecule has 2 rings (SSSR count). The Bertz CT molecular complexity index is 464. The lowest BCUT2D eigenvalue weighted by molar-refractivity contribution is -0.141. The Morgan fingerprint density at radius 2 is 2.00 bits per heavy atom. The van der Waals surface area contributed by atoms with E-state index in [1.807, 2.05) is 17.2 Å². The van der Waals surface area contributed by atoms with Crippen LogP contribution in [0.25, 0.3) is 0 Å². The van der Waals surface area contributed by atoms with Gasteiger partial charge in [-0.1, -0.05) is 0 Å². The molecule has 2 heterocycles. The molecule has 1 aliphatic rings. The molecule has 0 radical (unpaired) electrons. The number of nitrogens with one attached hydrogen (secondary N) is 2. The van der Waals surface area contributed by atoms with Crippen LogP contribution >= 0.6 is 11.8 Å². The first-order valence-corrected chi connectivity index (χ1v) is 7.61. The molecule has 1 aromatic rings. The van der Waals surface area contributed by atoms with Crippen molar-refractivity contribution in [1.29, 1.82) is 0 Å². The van der Waals surface area contributed by atoms with Crippen LogP contribution in [-0.4, -0.2) is 52.6 Å². The summed E-state index contributed by atoms with van der Waals surface area (Å²) in [6, 6.07) is 0.882. The second-order valence-corrected chi connectivity index (χ2v) is 5.71. The lowest BCUT2D eigenvalue weighted by Gasteiger charge is -2.26. The Balaban J connectivity index is 1.95. The average Bonchev–Trinajstić information content (AvgIpc) is 2.47. The van der Waals surface area contributed by atoms with Gasteiger partial charge in [-0.25, -0.2) is 10.8 Å². The van der Waals surface area contributed by atoms with E-state index in [1.165, 1.54) is 0 Å². The molecule has 1 aromatic heterocycles. The molecule has 4 N–H and O–H groups in total. The maximum Gasteiger partial charge on any atom is 0.433 e. The topological polar surface area (TPSA) is 79.1 Å². The Morgan fingerprint density at radius 1 is 1.29 bits per heavy atom. The van der Waals surface area contributed by atoms with E-state index in [0.29, 0.717) is 6.54 Å². The van der Waals surface area contributed by atoms with Gasteiger partial charge in [0.15, 0.2) is 5.69 Å². The molecule has 0 atom stereocenters. The number of alkyl halides is 3. The average molecular weight is 322 g/mol. The number of thioether (sulfide) groups is 1. The third-order valence-electron chi connectivity index (χ3n) is 2.98. The highest BCUT2D eigenvalue weighted by Crippen LogP contribution is 2.29. The highest BCUT2D eigenvalue weighted by Gasteiger charge is 2.33. The largest absolute Gasteiger partial charge is 0.433 e. The molecule has 0 unspecified atom stereocenters.